The highest BCUT2D eigenvalue weighted by Gasteiger charge is 2.22. The van der Waals surface area contributed by atoms with E-state index in [0.29, 0.717) is 0 Å². The zero-order valence-electron chi connectivity index (χ0n) is 9.10. The van der Waals surface area contributed by atoms with Crippen LogP contribution in [0.4, 0.5) is 0 Å². The SMILES string of the molecule is CC(=O)N1CCNC(c2cnn(C)c2)C1. The largest absolute Gasteiger partial charge is 0.340 e. The first-order valence-corrected chi connectivity index (χ1v) is 5.14. The number of hydrogen-bond acceptors (Lipinski definition) is 3. The number of carbonyl (C=O) groups is 1. The van der Waals surface area contributed by atoms with Crippen molar-refractivity contribution in [2.45, 2.75) is 13.0 Å². The molecular formula is C10H16N4O. The fourth-order valence-corrected chi connectivity index (χ4v) is 1.88. The van der Waals surface area contributed by atoms with E-state index in [-0.39, 0.29) is 11.9 Å². The van der Waals surface area contributed by atoms with Crippen LogP contribution in [0, 0.1) is 0 Å². The van der Waals surface area contributed by atoms with E-state index in [4.69, 9.17) is 0 Å². The van der Waals surface area contributed by atoms with Crippen molar-refractivity contribution in [1.82, 2.24) is 20.0 Å². The lowest BCUT2D eigenvalue weighted by molar-refractivity contribution is -0.130. The van der Waals surface area contributed by atoms with Crippen LogP contribution in [0.2, 0.25) is 0 Å². The maximum atomic E-state index is 11.3. The van der Waals surface area contributed by atoms with Gasteiger partial charge < -0.3 is 10.2 Å². The fourth-order valence-electron chi connectivity index (χ4n) is 1.88. The maximum Gasteiger partial charge on any atom is 0.219 e. The second-order valence-corrected chi connectivity index (χ2v) is 3.92. The summed E-state index contributed by atoms with van der Waals surface area (Å²) >= 11 is 0. The molecular weight excluding hydrogens is 192 g/mol. The summed E-state index contributed by atoms with van der Waals surface area (Å²) in [6, 6.07) is 0.219. The summed E-state index contributed by atoms with van der Waals surface area (Å²) in [6.45, 7) is 4.00. The van der Waals surface area contributed by atoms with Crippen molar-refractivity contribution in [3.63, 3.8) is 0 Å². The predicted molar refractivity (Wildman–Crippen MR) is 56.2 cm³/mol. The third kappa shape index (κ3) is 2.18. The molecule has 5 nitrogen and oxygen atoms in total. The third-order valence-electron chi connectivity index (χ3n) is 2.75. The highest BCUT2D eigenvalue weighted by Crippen LogP contribution is 2.16. The molecule has 1 saturated heterocycles. The van der Waals surface area contributed by atoms with Crippen molar-refractivity contribution in [2.75, 3.05) is 19.6 Å². The van der Waals surface area contributed by atoms with E-state index in [1.165, 1.54) is 0 Å². The number of hydrogen-bond donors (Lipinski definition) is 1. The van der Waals surface area contributed by atoms with E-state index in [1.54, 1.807) is 11.6 Å². The van der Waals surface area contributed by atoms with Crippen molar-refractivity contribution in [3.8, 4) is 0 Å². The Balaban J connectivity index is 2.07. The summed E-state index contributed by atoms with van der Waals surface area (Å²) in [5.41, 5.74) is 1.14. The molecule has 2 rings (SSSR count). The van der Waals surface area contributed by atoms with Crippen LogP contribution in [0.25, 0.3) is 0 Å². The minimum Gasteiger partial charge on any atom is -0.340 e. The average molecular weight is 208 g/mol. The van der Waals surface area contributed by atoms with Crippen molar-refractivity contribution >= 4 is 5.91 Å². The van der Waals surface area contributed by atoms with Gasteiger partial charge in [-0.3, -0.25) is 9.48 Å². The zero-order chi connectivity index (χ0) is 10.8. The second-order valence-electron chi connectivity index (χ2n) is 3.92. The second kappa shape index (κ2) is 4.02. The standard InChI is InChI=1S/C10H16N4O/c1-8(15)14-4-3-11-10(7-14)9-5-12-13(2)6-9/h5-6,10-11H,3-4,7H2,1-2H3. The highest BCUT2D eigenvalue weighted by atomic mass is 16.2. The van der Waals surface area contributed by atoms with Crippen LogP contribution in [-0.4, -0.2) is 40.2 Å². The number of rotatable bonds is 1. The van der Waals surface area contributed by atoms with Gasteiger partial charge in [-0.05, 0) is 0 Å². The molecule has 1 amide bonds. The molecule has 0 aliphatic carbocycles. The number of piperazine rings is 1. The molecule has 1 aromatic heterocycles. The molecule has 0 radical (unpaired) electrons. The normalized spacial score (nSPS) is 21.7. The van der Waals surface area contributed by atoms with Crippen LogP contribution in [0.3, 0.4) is 0 Å². The van der Waals surface area contributed by atoms with E-state index < -0.39 is 0 Å². The summed E-state index contributed by atoms with van der Waals surface area (Å²) in [7, 11) is 1.90. The van der Waals surface area contributed by atoms with Crippen LogP contribution in [0.15, 0.2) is 12.4 Å². The van der Waals surface area contributed by atoms with Gasteiger partial charge in [0, 0.05) is 45.4 Å². The Hall–Kier alpha value is -1.36. The van der Waals surface area contributed by atoms with E-state index in [1.807, 2.05) is 24.3 Å². The Morgan fingerprint density at radius 1 is 1.67 bits per heavy atom. The van der Waals surface area contributed by atoms with E-state index in [2.05, 4.69) is 10.4 Å². The lowest BCUT2D eigenvalue weighted by atomic mass is 10.1. The summed E-state index contributed by atoms with van der Waals surface area (Å²) < 4.78 is 1.78. The van der Waals surface area contributed by atoms with Gasteiger partial charge in [0.2, 0.25) is 5.91 Å². The Labute approximate surface area is 89.1 Å². The molecule has 1 atom stereocenters. The quantitative estimate of drug-likeness (QED) is 0.702. The lowest BCUT2D eigenvalue weighted by Crippen LogP contribution is -2.47. The average Bonchev–Trinajstić information content (AvgIpc) is 2.65. The maximum absolute atomic E-state index is 11.3. The Morgan fingerprint density at radius 2 is 2.47 bits per heavy atom. The Morgan fingerprint density at radius 3 is 3.07 bits per heavy atom. The third-order valence-corrected chi connectivity index (χ3v) is 2.75. The summed E-state index contributed by atoms with van der Waals surface area (Å²) in [5, 5.41) is 7.52. The molecule has 1 unspecified atom stereocenters. The summed E-state index contributed by atoms with van der Waals surface area (Å²) in [5.74, 6) is 0.144. The molecule has 82 valence electrons. The molecule has 1 aliphatic rings. The number of amides is 1. The highest BCUT2D eigenvalue weighted by molar-refractivity contribution is 5.73. The van der Waals surface area contributed by atoms with Crippen LogP contribution < -0.4 is 5.32 Å². The molecule has 0 bridgehead atoms. The van der Waals surface area contributed by atoms with Crippen molar-refractivity contribution in [2.24, 2.45) is 7.05 Å². The molecule has 15 heavy (non-hydrogen) atoms. The van der Waals surface area contributed by atoms with Crippen LogP contribution >= 0.6 is 0 Å². The van der Waals surface area contributed by atoms with Crippen LogP contribution in [-0.2, 0) is 11.8 Å². The molecule has 1 aromatic rings. The van der Waals surface area contributed by atoms with Crippen LogP contribution in [0.1, 0.15) is 18.5 Å². The Kier molecular flexibility index (Phi) is 2.73. The van der Waals surface area contributed by atoms with Gasteiger partial charge in [-0.2, -0.15) is 5.10 Å². The van der Waals surface area contributed by atoms with Gasteiger partial charge in [0.05, 0.1) is 12.2 Å². The van der Waals surface area contributed by atoms with Gasteiger partial charge in [-0.15, -0.1) is 0 Å². The van der Waals surface area contributed by atoms with Gasteiger partial charge in [0.25, 0.3) is 0 Å². The minimum absolute atomic E-state index is 0.144. The molecule has 5 heteroatoms. The lowest BCUT2D eigenvalue weighted by Gasteiger charge is -2.32. The Bertz CT molecular complexity index is 360. The number of aromatic nitrogens is 2. The van der Waals surface area contributed by atoms with Gasteiger partial charge in [-0.1, -0.05) is 0 Å². The summed E-state index contributed by atoms with van der Waals surface area (Å²) in [4.78, 5) is 13.1. The monoisotopic (exact) mass is 208 g/mol. The number of nitrogens with one attached hydrogen (secondary N) is 1. The zero-order valence-corrected chi connectivity index (χ0v) is 9.10. The van der Waals surface area contributed by atoms with Gasteiger partial charge in [-0.25, -0.2) is 0 Å². The predicted octanol–water partition coefficient (Wildman–Crippen LogP) is -0.0871. The molecule has 1 aliphatic heterocycles. The fraction of sp³-hybridized carbons (Fsp3) is 0.600. The number of nitrogens with zero attached hydrogens (tertiary/aromatic N) is 3. The molecule has 0 saturated carbocycles. The van der Waals surface area contributed by atoms with Crippen LogP contribution in [0.5, 0.6) is 0 Å². The van der Waals surface area contributed by atoms with E-state index >= 15 is 0 Å². The molecule has 0 spiro atoms. The molecule has 1 fully saturated rings. The van der Waals surface area contributed by atoms with Crippen molar-refractivity contribution in [1.29, 1.82) is 0 Å². The van der Waals surface area contributed by atoms with Gasteiger partial charge in [0.1, 0.15) is 0 Å². The summed E-state index contributed by atoms with van der Waals surface area (Å²) in [6.07, 6.45) is 3.84. The first-order valence-electron chi connectivity index (χ1n) is 5.14. The first-order chi connectivity index (χ1) is 7.16. The topological polar surface area (TPSA) is 50.2 Å². The van der Waals surface area contributed by atoms with E-state index in [9.17, 15) is 4.79 Å². The smallest absolute Gasteiger partial charge is 0.219 e. The molecule has 1 N–H and O–H groups in total. The minimum atomic E-state index is 0.144. The number of carbonyl (C=O) groups excluding carboxylic acids is 1. The molecule has 2 heterocycles. The van der Waals surface area contributed by atoms with E-state index in [0.717, 1.165) is 25.2 Å². The first kappa shape index (κ1) is 10.2. The van der Waals surface area contributed by atoms with Crippen molar-refractivity contribution in [3.05, 3.63) is 18.0 Å². The van der Waals surface area contributed by atoms with Gasteiger partial charge >= 0.3 is 0 Å². The van der Waals surface area contributed by atoms with Gasteiger partial charge in [0.15, 0.2) is 0 Å². The number of aryl methyl sites for hydroxylation is 1. The van der Waals surface area contributed by atoms with Crippen molar-refractivity contribution < 1.29 is 4.79 Å². The molecule has 0 aromatic carbocycles.